The average Bonchev–Trinajstić information content (AvgIpc) is 3.45. The van der Waals surface area contributed by atoms with Gasteiger partial charge in [0.1, 0.15) is 5.69 Å². The first-order chi connectivity index (χ1) is 18.7. The molecule has 0 saturated heterocycles. The number of pyridine rings is 2. The summed E-state index contributed by atoms with van der Waals surface area (Å²) in [6, 6.07) is 29.2. The molecule has 0 aliphatic carbocycles. The number of carbonyl (C=O) groups excluding carboxylic acids is 1. The van der Waals surface area contributed by atoms with Crippen LogP contribution in [0.25, 0.3) is 22.0 Å². The molecule has 0 radical (unpaired) electrons. The van der Waals surface area contributed by atoms with Crippen LogP contribution in [0, 0.1) is 0 Å². The Bertz CT molecular complexity index is 1660. The van der Waals surface area contributed by atoms with E-state index < -0.39 is 0 Å². The molecule has 3 aromatic carbocycles. The lowest BCUT2D eigenvalue weighted by molar-refractivity contribution is 0.0942. The Morgan fingerprint density at radius 1 is 0.789 bits per heavy atom. The normalized spacial score (nSPS) is 11.8. The van der Waals surface area contributed by atoms with Crippen molar-refractivity contribution in [1.29, 1.82) is 0 Å². The Labute approximate surface area is 219 Å². The largest absolute Gasteiger partial charge is 0.341 e. The van der Waals surface area contributed by atoms with Gasteiger partial charge in [0.15, 0.2) is 0 Å². The Morgan fingerprint density at radius 3 is 2.42 bits per heavy atom. The molecule has 0 spiro atoms. The third-order valence-electron chi connectivity index (χ3n) is 6.52. The molecule has 184 valence electrons. The Morgan fingerprint density at radius 2 is 1.55 bits per heavy atom. The van der Waals surface area contributed by atoms with Gasteiger partial charge in [-0.15, -0.1) is 5.10 Å². The van der Waals surface area contributed by atoms with Gasteiger partial charge in [0, 0.05) is 41.3 Å². The summed E-state index contributed by atoms with van der Waals surface area (Å²) in [7, 11) is 0. The fourth-order valence-electron chi connectivity index (χ4n) is 4.57. The minimum Gasteiger partial charge on any atom is -0.341 e. The first kappa shape index (κ1) is 23.2. The SMILES string of the molecule is O=C(NC(c1ccccc1)c1ccncc1)c1ccccc1Cn1cc(-c2ccc3cnccc3c2)nn1. The van der Waals surface area contributed by atoms with E-state index in [9.17, 15) is 4.79 Å². The predicted molar refractivity (Wildman–Crippen MR) is 146 cm³/mol. The molecular formula is C31H24N6O. The van der Waals surface area contributed by atoms with Crippen molar-refractivity contribution in [3.63, 3.8) is 0 Å². The fraction of sp³-hybridized carbons (Fsp3) is 0.0645. The van der Waals surface area contributed by atoms with Crippen molar-refractivity contribution in [2.24, 2.45) is 0 Å². The summed E-state index contributed by atoms with van der Waals surface area (Å²) in [4.78, 5) is 21.9. The van der Waals surface area contributed by atoms with Crippen LogP contribution in [0.3, 0.4) is 0 Å². The molecule has 38 heavy (non-hydrogen) atoms. The molecule has 1 N–H and O–H groups in total. The van der Waals surface area contributed by atoms with E-state index in [1.807, 2.05) is 97.3 Å². The van der Waals surface area contributed by atoms with Crippen LogP contribution in [0.15, 0.2) is 122 Å². The smallest absolute Gasteiger partial charge is 0.252 e. The molecule has 0 saturated carbocycles. The minimum atomic E-state index is -0.305. The molecule has 0 aliphatic heterocycles. The quantitative estimate of drug-likeness (QED) is 0.317. The molecule has 7 heteroatoms. The Balaban J connectivity index is 1.25. The van der Waals surface area contributed by atoms with E-state index >= 15 is 0 Å². The summed E-state index contributed by atoms with van der Waals surface area (Å²) >= 11 is 0. The third-order valence-corrected chi connectivity index (χ3v) is 6.52. The minimum absolute atomic E-state index is 0.158. The molecule has 3 aromatic heterocycles. The topological polar surface area (TPSA) is 85.6 Å². The second-order valence-corrected chi connectivity index (χ2v) is 8.99. The standard InChI is InChI=1S/C31H24N6O/c38-31(34-30(22-6-2-1-3-7-22)23-12-15-32-16-13-23)28-9-5-4-8-27(28)20-37-21-29(35-36-37)25-10-11-26-19-33-17-14-24(26)18-25/h1-19,21,30H,20H2,(H,34,38). The molecule has 0 bridgehead atoms. The summed E-state index contributed by atoms with van der Waals surface area (Å²) in [6.45, 7) is 0.416. The summed E-state index contributed by atoms with van der Waals surface area (Å²) < 4.78 is 1.76. The highest BCUT2D eigenvalue weighted by Crippen LogP contribution is 2.24. The number of fused-ring (bicyclic) bond motifs is 1. The van der Waals surface area contributed by atoms with E-state index in [0.29, 0.717) is 12.1 Å². The zero-order valence-corrected chi connectivity index (χ0v) is 20.5. The molecular weight excluding hydrogens is 472 g/mol. The van der Waals surface area contributed by atoms with Crippen LogP contribution in [0.1, 0.15) is 33.1 Å². The van der Waals surface area contributed by atoms with Crippen molar-refractivity contribution in [1.82, 2.24) is 30.3 Å². The lowest BCUT2D eigenvalue weighted by Crippen LogP contribution is -2.30. The number of aromatic nitrogens is 5. The van der Waals surface area contributed by atoms with Gasteiger partial charge < -0.3 is 5.32 Å². The second-order valence-electron chi connectivity index (χ2n) is 8.99. The van der Waals surface area contributed by atoms with Gasteiger partial charge in [-0.3, -0.25) is 14.8 Å². The van der Waals surface area contributed by atoms with Crippen LogP contribution in [0.5, 0.6) is 0 Å². The Kier molecular flexibility index (Phi) is 6.39. The number of nitrogens with zero attached hydrogens (tertiary/aromatic N) is 5. The monoisotopic (exact) mass is 496 g/mol. The second kappa shape index (κ2) is 10.4. The summed E-state index contributed by atoms with van der Waals surface area (Å²) in [5, 5.41) is 14.1. The van der Waals surface area contributed by atoms with Crippen LogP contribution in [0.2, 0.25) is 0 Å². The molecule has 6 rings (SSSR count). The van der Waals surface area contributed by atoms with Gasteiger partial charge in [-0.25, -0.2) is 4.68 Å². The van der Waals surface area contributed by atoms with Crippen LogP contribution >= 0.6 is 0 Å². The van der Waals surface area contributed by atoms with Gasteiger partial charge in [-0.05, 0) is 52.4 Å². The van der Waals surface area contributed by atoms with Crippen LogP contribution < -0.4 is 5.32 Å². The molecule has 7 nitrogen and oxygen atoms in total. The predicted octanol–water partition coefficient (Wildman–Crippen LogP) is 5.46. The van der Waals surface area contributed by atoms with Crippen LogP contribution in [0.4, 0.5) is 0 Å². The van der Waals surface area contributed by atoms with Crippen molar-refractivity contribution >= 4 is 16.7 Å². The molecule has 0 aliphatic rings. The van der Waals surface area contributed by atoms with E-state index in [1.165, 1.54) is 0 Å². The molecule has 3 heterocycles. The van der Waals surface area contributed by atoms with Gasteiger partial charge >= 0.3 is 0 Å². The first-order valence-corrected chi connectivity index (χ1v) is 12.3. The Hall–Kier alpha value is -5.17. The van der Waals surface area contributed by atoms with Crippen LogP contribution in [-0.4, -0.2) is 30.9 Å². The lowest BCUT2D eigenvalue weighted by atomic mass is 9.98. The third kappa shape index (κ3) is 4.90. The number of amides is 1. The summed E-state index contributed by atoms with van der Waals surface area (Å²) in [5.74, 6) is -0.158. The summed E-state index contributed by atoms with van der Waals surface area (Å²) in [6.07, 6.45) is 9.00. The van der Waals surface area contributed by atoms with E-state index in [0.717, 1.165) is 38.7 Å². The number of carbonyl (C=O) groups is 1. The highest BCUT2D eigenvalue weighted by atomic mass is 16.1. The van der Waals surface area contributed by atoms with Gasteiger partial charge in [0.05, 0.1) is 18.8 Å². The molecule has 1 atom stereocenters. The zero-order chi connectivity index (χ0) is 25.7. The van der Waals surface area contributed by atoms with Gasteiger partial charge in [0.25, 0.3) is 5.91 Å². The number of nitrogens with one attached hydrogen (secondary N) is 1. The van der Waals surface area contributed by atoms with Gasteiger partial charge in [0.2, 0.25) is 0 Å². The van der Waals surface area contributed by atoms with E-state index in [-0.39, 0.29) is 11.9 Å². The maximum absolute atomic E-state index is 13.6. The molecule has 1 amide bonds. The first-order valence-electron chi connectivity index (χ1n) is 12.3. The number of hydrogen-bond donors (Lipinski definition) is 1. The lowest BCUT2D eigenvalue weighted by Gasteiger charge is -2.20. The summed E-state index contributed by atoms with van der Waals surface area (Å²) in [5.41, 5.74) is 5.16. The van der Waals surface area contributed by atoms with E-state index in [1.54, 1.807) is 23.3 Å². The van der Waals surface area contributed by atoms with E-state index in [2.05, 4.69) is 31.7 Å². The molecule has 0 fully saturated rings. The maximum atomic E-state index is 13.6. The van der Waals surface area contributed by atoms with Crippen molar-refractivity contribution in [2.45, 2.75) is 12.6 Å². The van der Waals surface area contributed by atoms with Crippen molar-refractivity contribution in [2.75, 3.05) is 0 Å². The highest BCUT2D eigenvalue weighted by molar-refractivity contribution is 5.96. The van der Waals surface area contributed by atoms with Gasteiger partial charge in [-0.1, -0.05) is 65.9 Å². The van der Waals surface area contributed by atoms with Crippen molar-refractivity contribution < 1.29 is 4.79 Å². The van der Waals surface area contributed by atoms with Crippen LogP contribution in [-0.2, 0) is 6.54 Å². The fourth-order valence-corrected chi connectivity index (χ4v) is 4.57. The number of rotatable bonds is 7. The highest BCUT2D eigenvalue weighted by Gasteiger charge is 2.20. The number of hydrogen-bond acceptors (Lipinski definition) is 5. The number of benzene rings is 3. The average molecular weight is 497 g/mol. The molecule has 1 unspecified atom stereocenters. The van der Waals surface area contributed by atoms with Crippen molar-refractivity contribution in [3.05, 3.63) is 144 Å². The zero-order valence-electron chi connectivity index (χ0n) is 20.5. The van der Waals surface area contributed by atoms with Crippen molar-refractivity contribution in [3.8, 4) is 11.3 Å². The van der Waals surface area contributed by atoms with Gasteiger partial charge in [-0.2, -0.15) is 0 Å². The van der Waals surface area contributed by atoms with E-state index in [4.69, 9.17) is 0 Å². The maximum Gasteiger partial charge on any atom is 0.252 e. The molecule has 6 aromatic rings.